The molecule has 4 nitrogen and oxygen atoms in total. The van der Waals surface area contributed by atoms with Gasteiger partial charge in [-0.05, 0) is 37.8 Å². The first kappa shape index (κ1) is 21.0. The van der Waals surface area contributed by atoms with Crippen molar-refractivity contribution >= 4 is 33.0 Å². The highest BCUT2D eigenvalue weighted by Gasteiger charge is 2.51. The van der Waals surface area contributed by atoms with E-state index in [1.54, 1.807) is 6.07 Å². The topological polar surface area (TPSA) is 57.6 Å². The van der Waals surface area contributed by atoms with Crippen molar-refractivity contribution < 1.29 is 17.9 Å². The van der Waals surface area contributed by atoms with Gasteiger partial charge in [-0.2, -0.15) is 0 Å². The lowest BCUT2D eigenvalue weighted by molar-refractivity contribution is 0.187. The molecule has 0 spiro atoms. The van der Waals surface area contributed by atoms with Gasteiger partial charge >= 0.3 is 0 Å². The zero-order valence-corrected chi connectivity index (χ0v) is 18.0. The molecule has 28 heavy (non-hydrogen) atoms. The summed E-state index contributed by atoms with van der Waals surface area (Å²) in [5.74, 6) is -0.837. The number of fused-ring (bicyclic) bond motifs is 1. The molecule has 2 aromatic rings. The molecule has 1 aliphatic heterocycles. The van der Waals surface area contributed by atoms with E-state index in [0.717, 1.165) is 18.5 Å². The predicted octanol–water partition coefficient (Wildman–Crippen LogP) is 5.53. The van der Waals surface area contributed by atoms with Crippen molar-refractivity contribution in [2.75, 3.05) is 17.7 Å². The van der Waals surface area contributed by atoms with Crippen molar-refractivity contribution in [1.29, 1.82) is 0 Å². The van der Waals surface area contributed by atoms with E-state index in [1.165, 1.54) is 24.8 Å². The van der Waals surface area contributed by atoms with E-state index in [0.29, 0.717) is 17.0 Å². The molecule has 2 aromatic carbocycles. The minimum atomic E-state index is -4.30. The lowest BCUT2D eigenvalue weighted by Gasteiger charge is -2.31. The van der Waals surface area contributed by atoms with E-state index in [1.807, 2.05) is 48.4 Å². The lowest BCUT2D eigenvalue weighted by Crippen LogP contribution is -2.41. The standard InChI is InChI=1S/C21H26FNO3S2/c1-4-5-9-15-14-23(16-10-7-6-8-11-16)17-12-19(27-3)18(24)13-20(17)28(25,26)21(15,2)22/h6-8,10-13,15,24H,4-5,9,14H2,1-3H3. The number of sulfone groups is 1. The molecule has 0 fully saturated rings. The Morgan fingerprint density at radius 1 is 1.29 bits per heavy atom. The molecule has 0 bridgehead atoms. The Morgan fingerprint density at radius 2 is 1.96 bits per heavy atom. The summed E-state index contributed by atoms with van der Waals surface area (Å²) in [4.78, 5) is 2.27. The summed E-state index contributed by atoms with van der Waals surface area (Å²) < 4.78 is 42.5. The highest BCUT2D eigenvalue weighted by atomic mass is 32.2. The summed E-state index contributed by atoms with van der Waals surface area (Å²) in [6, 6.07) is 12.3. The molecule has 0 aliphatic carbocycles. The summed E-state index contributed by atoms with van der Waals surface area (Å²) in [6.07, 6.45) is 3.90. The van der Waals surface area contributed by atoms with Crippen molar-refractivity contribution in [2.45, 2.75) is 47.9 Å². The number of rotatable bonds is 5. The van der Waals surface area contributed by atoms with E-state index in [4.69, 9.17) is 0 Å². The minimum absolute atomic E-state index is 0.148. The van der Waals surface area contributed by atoms with E-state index >= 15 is 4.39 Å². The molecule has 2 unspecified atom stereocenters. The van der Waals surface area contributed by atoms with Crippen molar-refractivity contribution in [2.24, 2.45) is 5.92 Å². The van der Waals surface area contributed by atoms with Gasteiger partial charge in [-0.3, -0.25) is 0 Å². The summed E-state index contributed by atoms with van der Waals surface area (Å²) in [7, 11) is -4.30. The number of hydrogen-bond donors (Lipinski definition) is 1. The van der Waals surface area contributed by atoms with Crippen LogP contribution in [0.15, 0.2) is 52.3 Å². The number of thioether (sulfide) groups is 1. The molecule has 0 radical (unpaired) electrons. The van der Waals surface area contributed by atoms with Crippen LogP contribution in [-0.4, -0.2) is 31.3 Å². The number of phenolic OH excluding ortho intramolecular Hbond substituents is 1. The quantitative estimate of drug-likeness (QED) is 0.641. The Kier molecular flexibility index (Phi) is 5.96. The van der Waals surface area contributed by atoms with E-state index < -0.39 is 20.8 Å². The molecular formula is C21H26FNO3S2. The first-order valence-corrected chi connectivity index (χ1v) is 12.1. The van der Waals surface area contributed by atoms with Crippen LogP contribution < -0.4 is 4.90 Å². The monoisotopic (exact) mass is 423 g/mol. The number of unbranched alkanes of at least 4 members (excludes halogenated alkanes) is 1. The Morgan fingerprint density at radius 3 is 2.57 bits per heavy atom. The highest BCUT2D eigenvalue weighted by molar-refractivity contribution is 7.98. The smallest absolute Gasteiger partial charge is 0.217 e. The molecule has 0 aromatic heterocycles. The fourth-order valence-corrected chi connectivity index (χ4v) is 5.97. The van der Waals surface area contributed by atoms with Crippen LogP contribution in [0.1, 0.15) is 33.1 Å². The van der Waals surface area contributed by atoms with Crippen LogP contribution in [0.4, 0.5) is 15.8 Å². The average molecular weight is 424 g/mol. The molecule has 2 atom stereocenters. The van der Waals surface area contributed by atoms with Gasteiger partial charge < -0.3 is 10.0 Å². The van der Waals surface area contributed by atoms with Crippen molar-refractivity contribution in [3.05, 3.63) is 42.5 Å². The van der Waals surface area contributed by atoms with Gasteiger partial charge in [0.15, 0.2) is 0 Å². The number of nitrogens with zero attached hydrogens (tertiary/aromatic N) is 1. The Balaban J connectivity index is 2.29. The summed E-state index contributed by atoms with van der Waals surface area (Å²) >= 11 is 1.32. The van der Waals surface area contributed by atoms with Crippen LogP contribution in [0.25, 0.3) is 0 Å². The maximum Gasteiger partial charge on any atom is 0.217 e. The Labute approximate surface area is 170 Å². The van der Waals surface area contributed by atoms with Crippen LogP contribution in [-0.2, 0) is 9.84 Å². The number of para-hydroxylation sites is 1. The van der Waals surface area contributed by atoms with Gasteiger partial charge in [-0.1, -0.05) is 38.0 Å². The first-order valence-electron chi connectivity index (χ1n) is 9.41. The molecule has 7 heteroatoms. The maximum atomic E-state index is 15.9. The fourth-order valence-electron chi connectivity index (χ4n) is 3.70. The number of phenols is 1. The SMILES string of the molecule is CCCCC1CN(c2ccccc2)c2cc(SC)c(O)cc2S(=O)(=O)C1(C)F. The second-order valence-electron chi connectivity index (χ2n) is 7.27. The molecule has 0 saturated heterocycles. The highest BCUT2D eigenvalue weighted by Crippen LogP contribution is 2.48. The van der Waals surface area contributed by atoms with Crippen LogP contribution in [0.5, 0.6) is 5.75 Å². The van der Waals surface area contributed by atoms with E-state index in [2.05, 4.69) is 0 Å². The number of benzene rings is 2. The molecule has 1 heterocycles. The number of alkyl halides is 1. The van der Waals surface area contributed by atoms with Crippen molar-refractivity contribution in [3.63, 3.8) is 0 Å². The van der Waals surface area contributed by atoms with Crippen LogP contribution in [0.2, 0.25) is 0 Å². The zero-order chi connectivity index (χ0) is 20.5. The van der Waals surface area contributed by atoms with Crippen molar-refractivity contribution in [3.8, 4) is 5.75 Å². The number of hydrogen-bond acceptors (Lipinski definition) is 5. The fraction of sp³-hybridized carbons (Fsp3) is 0.429. The third-order valence-electron chi connectivity index (χ3n) is 5.47. The van der Waals surface area contributed by atoms with Gasteiger partial charge in [0.25, 0.3) is 0 Å². The van der Waals surface area contributed by atoms with Crippen LogP contribution >= 0.6 is 11.8 Å². The van der Waals surface area contributed by atoms with Gasteiger partial charge in [0.05, 0.1) is 15.5 Å². The second-order valence-corrected chi connectivity index (χ2v) is 10.4. The van der Waals surface area contributed by atoms with Gasteiger partial charge in [-0.25, -0.2) is 12.8 Å². The number of anilines is 2. The normalized spacial score (nSPS) is 23.9. The Hall–Kier alpha value is -1.73. The van der Waals surface area contributed by atoms with Gasteiger partial charge in [0.2, 0.25) is 14.8 Å². The van der Waals surface area contributed by atoms with E-state index in [-0.39, 0.29) is 17.2 Å². The predicted molar refractivity (Wildman–Crippen MR) is 113 cm³/mol. The third kappa shape index (κ3) is 3.50. The molecule has 0 amide bonds. The van der Waals surface area contributed by atoms with Gasteiger partial charge in [-0.15, -0.1) is 11.8 Å². The zero-order valence-electron chi connectivity index (χ0n) is 16.4. The molecular weight excluding hydrogens is 397 g/mol. The second kappa shape index (κ2) is 7.95. The average Bonchev–Trinajstić information content (AvgIpc) is 2.73. The summed E-state index contributed by atoms with van der Waals surface area (Å²) in [5.41, 5.74) is 1.21. The molecule has 1 N–H and O–H groups in total. The molecule has 0 saturated carbocycles. The van der Waals surface area contributed by atoms with Gasteiger partial charge in [0, 0.05) is 24.2 Å². The van der Waals surface area contributed by atoms with Crippen LogP contribution in [0, 0.1) is 5.92 Å². The summed E-state index contributed by atoms with van der Waals surface area (Å²) in [6.45, 7) is 3.43. The van der Waals surface area contributed by atoms with Crippen LogP contribution in [0.3, 0.4) is 0 Å². The minimum Gasteiger partial charge on any atom is -0.507 e. The number of aromatic hydroxyl groups is 1. The van der Waals surface area contributed by atoms with Gasteiger partial charge in [0.1, 0.15) is 5.75 Å². The van der Waals surface area contributed by atoms with E-state index in [9.17, 15) is 13.5 Å². The lowest BCUT2D eigenvalue weighted by atomic mass is 9.96. The molecule has 152 valence electrons. The maximum absolute atomic E-state index is 15.9. The summed E-state index contributed by atoms with van der Waals surface area (Å²) in [5, 5.41) is 7.88. The Bertz CT molecular complexity index is 946. The largest absolute Gasteiger partial charge is 0.507 e. The number of halogens is 1. The molecule has 3 rings (SSSR count). The molecule has 1 aliphatic rings. The third-order valence-corrected chi connectivity index (χ3v) is 8.53. The first-order chi connectivity index (χ1) is 13.2. The van der Waals surface area contributed by atoms with Crippen molar-refractivity contribution in [1.82, 2.24) is 0 Å².